The fraction of sp³-hybridized carbons (Fsp3) is 0.625. The highest BCUT2D eigenvalue weighted by Crippen LogP contribution is 2.11. The van der Waals surface area contributed by atoms with Crippen LogP contribution in [-0.4, -0.2) is 14.7 Å². The molecule has 62 valence electrons. The van der Waals surface area contributed by atoms with Crippen LogP contribution >= 0.6 is 0 Å². The Labute approximate surface area is 66.7 Å². The average Bonchev–Trinajstić information content (AvgIpc) is 2.36. The van der Waals surface area contributed by atoms with Crippen molar-refractivity contribution < 1.29 is 5.11 Å². The highest BCUT2D eigenvalue weighted by atomic mass is 16.3. The minimum Gasteiger partial charge on any atom is -0.373 e. The van der Waals surface area contributed by atoms with Crippen LogP contribution < -0.4 is 0 Å². The number of aliphatic hydroxyl groups is 1. The third kappa shape index (κ3) is 1.80. The number of rotatable bonds is 3. The molecule has 0 aliphatic rings. The van der Waals surface area contributed by atoms with Crippen molar-refractivity contribution in [2.75, 3.05) is 0 Å². The molecule has 0 spiro atoms. The van der Waals surface area contributed by atoms with Gasteiger partial charge in [0.05, 0.1) is 0 Å². The first kappa shape index (κ1) is 8.27. The Morgan fingerprint density at radius 1 is 1.73 bits per heavy atom. The number of aromatic nitrogens is 2. The molecule has 0 amide bonds. The summed E-state index contributed by atoms with van der Waals surface area (Å²) in [5, 5.41) is 9.51. The Hall–Kier alpha value is -0.830. The summed E-state index contributed by atoms with van der Waals surface area (Å²) in [5.74, 6) is 0.867. The van der Waals surface area contributed by atoms with Gasteiger partial charge in [-0.1, -0.05) is 13.3 Å². The lowest BCUT2D eigenvalue weighted by atomic mass is 10.3. The number of nitrogens with zero attached hydrogens (tertiary/aromatic N) is 2. The molecule has 0 saturated carbocycles. The Balaban J connectivity index is 2.67. The van der Waals surface area contributed by atoms with Gasteiger partial charge in [0.25, 0.3) is 0 Å². The lowest BCUT2D eigenvalue weighted by Crippen LogP contribution is -2.08. The Kier molecular flexibility index (Phi) is 2.65. The molecule has 1 aromatic heterocycles. The van der Waals surface area contributed by atoms with Gasteiger partial charge in [-0.05, 0) is 13.3 Å². The van der Waals surface area contributed by atoms with E-state index in [1.807, 2.05) is 6.92 Å². The summed E-state index contributed by atoms with van der Waals surface area (Å²) in [6.07, 6.45) is 4.88. The summed E-state index contributed by atoms with van der Waals surface area (Å²) in [6, 6.07) is 0. The van der Waals surface area contributed by atoms with E-state index in [1.165, 1.54) is 0 Å². The normalized spacial score (nSPS) is 13.4. The second kappa shape index (κ2) is 3.53. The molecule has 0 fully saturated rings. The molecule has 0 bridgehead atoms. The third-order valence-electron chi connectivity index (χ3n) is 1.73. The van der Waals surface area contributed by atoms with E-state index in [9.17, 15) is 5.11 Å². The van der Waals surface area contributed by atoms with Crippen LogP contribution in [0.25, 0.3) is 0 Å². The zero-order valence-electron chi connectivity index (χ0n) is 6.99. The number of hydrogen-bond donors (Lipinski definition) is 1. The Morgan fingerprint density at radius 2 is 2.45 bits per heavy atom. The fourth-order valence-electron chi connectivity index (χ4n) is 1.10. The topological polar surface area (TPSA) is 38.0 Å². The van der Waals surface area contributed by atoms with Crippen LogP contribution in [0.5, 0.6) is 0 Å². The molecular formula is C8H14N2O. The van der Waals surface area contributed by atoms with Gasteiger partial charge in [0.15, 0.2) is 0 Å². The molecule has 0 aliphatic carbocycles. The quantitative estimate of drug-likeness (QED) is 0.716. The average molecular weight is 154 g/mol. The molecule has 1 rings (SSSR count). The molecular weight excluding hydrogens is 140 g/mol. The second-order valence-electron chi connectivity index (χ2n) is 2.65. The SMILES string of the molecule is CCCC(O)n1ccnc1C. The maximum Gasteiger partial charge on any atom is 0.131 e. The van der Waals surface area contributed by atoms with E-state index in [1.54, 1.807) is 17.0 Å². The van der Waals surface area contributed by atoms with Gasteiger partial charge in [-0.25, -0.2) is 4.98 Å². The molecule has 0 saturated heterocycles. The first-order valence-electron chi connectivity index (χ1n) is 3.93. The van der Waals surface area contributed by atoms with E-state index in [-0.39, 0.29) is 0 Å². The molecule has 3 nitrogen and oxygen atoms in total. The first-order valence-corrected chi connectivity index (χ1v) is 3.93. The largest absolute Gasteiger partial charge is 0.373 e. The number of imidazole rings is 1. The highest BCUT2D eigenvalue weighted by Gasteiger charge is 2.05. The summed E-state index contributed by atoms with van der Waals surface area (Å²) in [4.78, 5) is 4.02. The zero-order chi connectivity index (χ0) is 8.27. The number of hydrogen-bond acceptors (Lipinski definition) is 2. The van der Waals surface area contributed by atoms with Crippen LogP contribution in [0.1, 0.15) is 31.8 Å². The van der Waals surface area contributed by atoms with Gasteiger partial charge < -0.3 is 9.67 Å². The molecule has 0 aromatic carbocycles. The van der Waals surface area contributed by atoms with Gasteiger partial charge in [0.2, 0.25) is 0 Å². The van der Waals surface area contributed by atoms with E-state index in [4.69, 9.17) is 0 Å². The van der Waals surface area contributed by atoms with Crippen LogP contribution in [-0.2, 0) is 0 Å². The van der Waals surface area contributed by atoms with E-state index < -0.39 is 6.23 Å². The van der Waals surface area contributed by atoms with Crippen molar-refractivity contribution in [3.05, 3.63) is 18.2 Å². The maximum atomic E-state index is 9.51. The first-order chi connectivity index (χ1) is 5.25. The van der Waals surface area contributed by atoms with Gasteiger partial charge in [0, 0.05) is 12.4 Å². The minimum absolute atomic E-state index is 0.400. The highest BCUT2D eigenvalue weighted by molar-refractivity contribution is 4.89. The molecule has 1 aromatic rings. The summed E-state index contributed by atoms with van der Waals surface area (Å²) >= 11 is 0. The van der Waals surface area contributed by atoms with Crippen LogP contribution in [0.3, 0.4) is 0 Å². The van der Waals surface area contributed by atoms with Crippen molar-refractivity contribution in [1.82, 2.24) is 9.55 Å². The standard InChI is InChI=1S/C8H14N2O/c1-3-4-8(11)10-6-5-9-7(10)2/h5-6,8,11H,3-4H2,1-2H3. The fourth-order valence-corrected chi connectivity index (χ4v) is 1.10. The molecule has 0 aliphatic heterocycles. The van der Waals surface area contributed by atoms with Crippen molar-refractivity contribution >= 4 is 0 Å². The summed E-state index contributed by atoms with van der Waals surface area (Å²) < 4.78 is 1.78. The summed E-state index contributed by atoms with van der Waals surface area (Å²) in [6.45, 7) is 3.94. The predicted molar refractivity (Wildman–Crippen MR) is 43.1 cm³/mol. The second-order valence-corrected chi connectivity index (χ2v) is 2.65. The smallest absolute Gasteiger partial charge is 0.131 e. The Bertz CT molecular complexity index is 220. The predicted octanol–water partition coefficient (Wildman–Crippen LogP) is 1.48. The van der Waals surface area contributed by atoms with E-state index in [0.29, 0.717) is 0 Å². The summed E-state index contributed by atoms with van der Waals surface area (Å²) in [5.41, 5.74) is 0. The zero-order valence-corrected chi connectivity index (χ0v) is 6.99. The van der Waals surface area contributed by atoms with Crippen LogP contribution in [0, 0.1) is 6.92 Å². The lowest BCUT2D eigenvalue weighted by molar-refractivity contribution is 0.0915. The molecule has 1 N–H and O–H groups in total. The van der Waals surface area contributed by atoms with Crippen molar-refractivity contribution in [2.45, 2.75) is 32.9 Å². The van der Waals surface area contributed by atoms with Gasteiger partial charge in [-0.3, -0.25) is 0 Å². The monoisotopic (exact) mass is 154 g/mol. The third-order valence-corrected chi connectivity index (χ3v) is 1.73. The van der Waals surface area contributed by atoms with E-state index in [0.717, 1.165) is 18.7 Å². The van der Waals surface area contributed by atoms with Gasteiger partial charge in [-0.15, -0.1) is 0 Å². The number of aryl methyl sites for hydroxylation is 1. The molecule has 3 heteroatoms. The van der Waals surface area contributed by atoms with Crippen LogP contribution in [0.4, 0.5) is 0 Å². The van der Waals surface area contributed by atoms with Crippen molar-refractivity contribution in [3.8, 4) is 0 Å². The van der Waals surface area contributed by atoms with E-state index in [2.05, 4.69) is 11.9 Å². The molecule has 1 unspecified atom stereocenters. The van der Waals surface area contributed by atoms with E-state index >= 15 is 0 Å². The molecule has 0 radical (unpaired) electrons. The van der Waals surface area contributed by atoms with Gasteiger partial charge >= 0.3 is 0 Å². The van der Waals surface area contributed by atoms with Crippen molar-refractivity contribution in [2.24, 2.45) is 0 Å². The molecule has 1 heterocycles. The van der Waals surface area contributed by atoms with Crippen molar-refractivity contribution in [1.29, 1.82) is 0 Å². The maximum absolute atomic E-state index is 9.51. The molecule has 1 atom stereocenters. The Morgan fingerprint density at radius 3 is 2.91 bits per heavy atom. The van der Waals surface area contributed by atoms with Crippen LogP contribution in [0.2, 0.25) is 0 Å². The number of aliphatic hydroxyl groups excluding tert-OH is 1. The van der Waals surface area contributed by atoms with Crippen molar-refractivity contribution in [3.63, 3.8) is 0 Å². The van der Waals surface area contributed by atoms with Crippen LogP contribution in [0.15, 0.2) is 12.4 Å². The van der Waals surface area contributed by atoms with Gasteiger partial charge in [-0.2, -0.15) is 0 Å². The molecule has 11 heavy (non-hydrogen) atoms. The van der Waals surface area contributed by atoms with Gasteiger partial charge in [0.1, 0.15) is 12.1 Å². The lowest BCUT2D eigenvalue weighted by Gasteiger charge is -2.11. The minimum atomic E-state index is -0.400. The summed E-state index contributed by atoms with van der Waals surface area (Å²) in [7, 11) is 0.